The monoisotopic (exact) mass is 320 g/mol. The second-order valence-corrected chi connectivity index (χ2v) is 8.07. The molecule has 0 saturated carbocycles. The van der Waals surface area contributed by atoms with Gasteiger partial charge >= 0.3 is 0 Å². The van der Waals surface area contributed by atoms with Gasteiger partial charge in [-0.2, -0.15) is 0 Å². The minimum absolute atomic E-state index is 0.373. The van der Waals surface area contributed by atoms with Crippen LogP contribution < -0.4 is 5.32 Å². The van der Waals surface area contributed by atoms with Crippen LogP contribution in [0.3, 0.4) is 0 Å². The van der Waals surface area contributed by atoms with Crippen LogP contribution in [0.2, 0.25) is 0 Å². The summed E-state index contributed by atoms with van der Waals surface area (Å²) < 4.78 is 0. The minimum atomic E-state index is 0.373. The van der Waals surface area contributed by atoms with Crippen molar-refractivity contribution in [3.8, 4) is 0 Å². The molecule has 1 aliphatic rings. The van der Waals surface area contributed by atoms with E-state index < -0.39 is 0 Å². The molecule has 0 spiro atoms. The van der Waals surface area contributed by atoms with Gasteiger partial charge in [0.2, 0.25) is 0 Å². The molecule has 0 radical (unpaired) electrons. The molecule has 3 rings (SSSR count). The summed E-state index contributed by atoms with van der Waals surface area (Å²) in [5.74, 6) is 0.787. The van der Waals surface area contributed by atoms with Crippen molar-refractivity contribution in [2.24, 2.45) is 5.92 Å². The number of likely N-dealkylation sites (tertiary alicyclic amines) is 1. The van der Waals surface area contributed by atoms with Crippen LogP contribution in [0.25, 0.3) is 0 Å². The summed E-state index contributed by atoms with van der Waals surface area (Å²) in [6, 6.07) is 9.85. The molecule has 0 aromatic carbocycles. The van der Waals surface area contributed by atoms with Crippen LogP contribution in [0.5, 0.6) is 0 Å². The fourth-order valence-electron chi connectivity index (χ4n) is 3.04. The predicted octanol–water partition coefficient (Wildman–Crippen LogP) is 4.22. The molecule has 1 fully saturated rings. The first-order valence-electron chi connectivity index (χ1n) is 7.78. The number of nitrogens with zero attached hydrogens (tertiary/aromatic N) is 1. The summed E-state index contributed by atoms with van der Waals surface area (Å²) in [6.07, 6.45) is 1.33. The minimum Gasteiger partial charge on any atom is -0.305 e. The van der Waals surface area contributed by atoms with Crippen molar-refractivity contribution in [1.29, 1.82) is 0 Å². The fraction of sp³-hybridized carbons (Fsp3) is 0.529. The Bertz CT molecular complexity index is 485. The van der Waals surface area contributed by atoms with Gasteiger partial charge in [-0.15, -0.1) is 22.7 Å². The number of rotatable bonds is 6. The maximum absolute atomic E-state index is 3.82. The molecule has 2 aromatic rings. The van der Waals surface area contributed by atoms with Gasteiger partial charge in [-0.05, 0) is 55.6 Å². The average Bonchev–Trinajstić information content (AvgIpc) is 3.22. The molecule has 3 heterocycles. The zero-order chi connectivity index (χ0) is 14.7. The van der Waals surface area contributed by atoms with Crippen LogP contribution in [0, 0.1) is 5.92 Å². The Labute approximate surface area is 135 Å². The molecule has 2 nitrogen and oxygen atoms in total. The molecule has 1 N–H and O–H groups in total. The molecular formula is C17H24N2S2. The van der Waals surface area contributed by atoms with Crippen molar-refractivity contribution in [2.75, 3.05) is 19.6 Å². The standard InChI is InChI=1S/C17H24N2S2/c1-13(2)19-8-7-14(12-19)11-18-17(15-5-3-9-20-15)16-6-4-10-21-16/h3-6,9-10,13-14,17-18H,7-8,11-12H2,1-2H3. The molecule has 1 unspecified atom stereocenters. The Balaban J connectivity index is 1.61. The molecule has 1 aliphatic heterocycles. The van der Waals surface area contributed by atoms with E-state index in [2.05, 4.69) is 59.1 Å². The van der Waals surface area contributed by atoms with E-state index in [1.54, 1.807) is 0 Å². The summed E-state index contributed by atoms with van der Waals surface area (Å²) in [7, 11) is 0. The number of thiophene rings is 2. The third-order valence-corrected chi connectivity index (χ3v) is 6.19. The van der Waals surface area contributed by atoms with Crippen molar-refractivity contribution in [2.45, 2.75) is 32.4 Å². The topological polar surface area (TPSA) is 15.3 Å². The number of hydrogen-bond donors (Lipinski definition) is 1. The fourth-order valence-corrected chi connectivity index (χ4v) is 4.75. The Morgan fingerprint density at radius 3 is 2.33 bits per heavy atom. The first kappa shape index (κ1) is 15.2. The van der Waals surface area contributed by atoms with Gasteiger partial charge in [0, 0.05) is 28.9 Å². The smallest absolute Gasteiger partial charge is 0.0764 e. The van der Waals surface area contributed by atoms with Crippen molar-refractivity contribution in [3.63, 3.8) is 0 Å². The highest BCUT2D eigenvalue weighted by Crippen LogP contribution is 2.29. The van der Waals surface area contributed by atoms with E-state index in [4.69, 9.17) is 0 Å². The SMILES string of the molecule is CC(C)N1CCC(CNC(c2cccs2)c2cccs2)C1. The lowest BCUT2D eigenvalue weighted by Crippen LogP contribution is -2.32. The van der Waals surface area contributed by atoms with Gasteiger partial charge < -0.3 is 10.2 Å². The van der Waals surface area contributed by atoms with Gasteiger partial charge in [-0.25, -0.2) is 0 Å². The molecule has 114 valence electrons. The molecule has 2 aromatic heterocycles. The first-order chi connectivity index (χ1) is 10.2. The molecule has 0 bridgehead atoms. The lowest BCUT2D eigenvalue weighted by atomic mass is 10.1. The molecular weight excluding hydrogens is 296 g/mol. The van der Waals surface area contributed by atoms with Gasteiger partial charge in [0.1, 0.15) is 0 Å². The molecule has 1 saturated heterocycles. The lowest BCUT2D eigenvalue weighted by molar-refractivity contribution is 0.263. The van der Waals surface area contributed by atoms with E-state index in [1.165, 1.54) is 29.3 Å². The van der Waals surface area contributed by atoms with Crippen molar-refractivity contribution in [3.05, 3.63) is 44.8 Å². The van der Waals surface area contributed by atoms with Gasteiger partial charge in [-0.1, -0.05) is 12.1 Å². The van der Waals surface area contributed by atoms with Gasteiger partial charge in [0.15, 0.2) is 0 Å². The van der Waals surface area contributed by atoms with E-state index >= 15 is 0 Å². The molecule has 1 atom stereocenters. The first-order valence-corrected chi connectivity index (χ1v) is 9.54. The van der Waals surface area contributed by atoms with Crippen LogP contribution in [-0.4, -0.2) is 30.6 Å². The number of hydrogen-bond acceptors (Lipinski definition) is 4. The molecule has 4 heteroatoms. The Morgan fingerprint density at radius 2 is 1.86 bits per heavy atom. The van der Waals surface area contributed by atoms with E-state index in [-0.39, 0.29) is 0 Å². The van der Waals surface area contributed by atoms with Crippen LogP contribution in [0.1, 0.15) is 36.1 Å². The van der Waals surface area contributed by atoms with Gasteiger partial charge in [0.25, 0.3) is 0 Å². The lowest BCUT2D eigenvalue weighted by Gasteiger charge is -2.22. The Hall–Kier alpha value is -0.680. The summed E-state index contributed by atoms with van der Waals surface area (Å²) >= 11 is 3.70. The molecule has 0 aliphatic carbocycles. The third-order valence-electron chi connectivity index (χ3n) is 4.31. The van der Waals surface area contributed by atoms with Crippen molar-refractivity contribution in [1.82, 2.24) is 10.2 Å². The van der Waals surface area contributed by atoms with E-state index in [0.29, 0.717) is 12.1 Å². The normalized spacial score (nSPS) is 19.9. The Morgan fingerprint density at radius 1 is 1.19 bits per heavy atom. The second-order valence-electron chi connectivity index (χ2n) is 6.12. The zero-order valence-electron chi connectivity index (χ0n) is 12.8. The third kappa shape index (κ3) is 3.75. The van der Waals surface area contributed by atoms with Gasteiger partial charge in [-0.3, -0.25) is 0 Å². The van der Waals surface area contributed by atoms with Crippen LogP contribution in [0.15, 0.2) is 35.0 Å². The van der Waals surface area contributed by atoms with Gasteiger partial charge in [0.05, 0.1) is 6.04 Å². The van der Waals surface area contributed by atoms with Crippen LogP contribution in [-0.2, 0) is 0 Å². The largest absolute Gasteiger partial charge is 0.305 e. The number of nitrogens with one attached hydrogen (secondary N) is 1. The molecule has 0 amide bonds. The van der Waals surface area contributed by atoms with E-state index in [0.717, 1.165) is 12.5 Å². The quantitative estimate of drug-likeness (QED) is 0.857. The maximum Gasteiger partial charge on any atom is 0.0764 e. The zero-order valence-corrected chi connectivity index (χ0v) is 14.4. The highest BCUT2D eigenvalue weighted by molar-refractivity contribution is 7.11. The maximum atomic E-state index is 3.82. The Kier molecular flexibility index (Phi) is 5.11. The van der Waals surface area contributed by atoms with Crippen molar-refractivity contribution < 1.29 is 0 Å². The highest BCUT2D eigenvalue weighted by atomic mass is 32.1. The summed E-state index contributed by atoms with van der Waals surface area (Å²) in [5, 5.41) is 8.17. The average molecular weight is 321 g/mol. The van der Waals surface area contributed by atoms with E-state index in [1.807, 2.05) is 22.7 Å². The molecule has 21 heavy (non-hydrogen) atoms. The van der Waals surface area contributed by atoms with Crippen LogP contribution >= 0.6 is 22.7 Å². The summed E-state index contributed by atoms with van der Waals surface area (Å²) in [6.45, 7) is 8.22. The second kappa shape index (κ2) is 7.05. The highest BCUT2D eigenvalue weighted by Gasteiger charge is 2.25. The van der Waals surface area contributed by atoms with E-state index in [9.17, 15) is 0 Å². The summed E-state index contributed by atoms with van der Waals surface area (Å²) in [5.41, 5.74) is 0. The predicted molar refractivity (Wildman–Crippen MR) is 93.3 cm³/mol. The van der Waals surface area contributed by atoms with Crippen molar-refractivity contribution >= 4 is 22.7 Å². The summed E-state index contributed by atoms with van der Waals surface area (Å²) in [4.78, 5) is 5.45. The van der Waals surface area contributed by atoms with Crippen LogP contribution in [0.4, 0.5) is 0 Å².